The van der Waals surface area contributed by atoms with Gasteiger partial charge in [0.15, 0.2) is 0 Å². The first-order valence-electron chi connectivity index (χ1n) is 6.02. The van der Waals surface area contributed by atoms with Gasteiger partial charge in [-0.15, -0.1) is 0 Å². The van der Waals surface area contributed by atoms with Crippen LogP contribution < -0.4 is 5.32 Å². The highest BCUT2D eigenvalue weighted by Gasteiger charge is 2.11. The van der Waals surface area contributed by atoms with E-state index in [1.807, 2.05) is 6.92 Å². The molecule has 3 N–H and O–H groups in total. The van der Waals surface area contributed by atoms with Crippen molar-refractivity contribution in [2.45, 2.75) is 19.9 Å². The highest BCUT2D eigenvalue weighted by molar-refractivity contribution is 5.52. The molecule has 2 rings (SSSR count). The highest BCUT2D eigenvalue weighted by Crippen LogP contribution is 2.29. The molecule has 0 saturated carbocycles. The van der Waals surface area contributed by atoms with Crippen molar-refractivity contribution in [1.82, 2.24) is 0 Å². The van der Waals surface area contributed by atoms with E-state index in [9.17, 15) is 14.6 Å². The van der Waals surface area contributed by atoms with E-state index in [1.54, 1.807) is 25.1 Å². The summed E-state index contributed by atoms with van der Waals surface area (Å²) in [7, 11) is 0. The molecular formula is C15H16FNO2. The number of anilines is 1. The van der Waals surface area contributed by atoms with Crippen molar-refractivity contribution < 1.29 is 14.6 Å². The fourth-order valence-electron chi connectivity index (χ4n) is 1.95. The smallest absolute Gasteiger partial charge is 0.123 e. The van der Waals surface area contributed by atoms with Crippen LogP contribution in [-0.2, 0) is 0 Å². The summed E-state index contributed by atoms with van der Waals surface area (Å²) in [4.78, 5) is 0. The lowest BCUT2D eigenvalue weighted by atomic mass is 10.1. The van der Waals surface area contributed by atoms with Gasteiger partial charge in [0.25, 0.3) is 0 Å². The number of nitrogens with one attached hydrogen (secondary N) is 1. The largest absolute Gasteiger partial charge is 0.508 e. The molecule has 1 unspecified atom stereocenters. The van der Waals surface area contributed by atoms with E-state index in [-0.39, 0.29) is 23.4 Å². The molecule has 3 nitrogen and oxygen atoms in total. The number of phenolic OH excluding ortho intramolecular Hbond substituents is 2. The molecule has 0 saturated heterocycles. The van der Waals surface area contributed by atoms with Gasteiger partial charge in [0, 0.05) is 11.3 Å². The Morgan fingerprint density at radius 3 is 2.42 bits per heavy atom. The average molecular weight is 261 g/mol. The first-order chi connectivity index (χ1) is 8.97. The molecule has 0 spiro atoms. The Balaban J connectivity index is 2.22. The molecule has 0 aliphatic heterocycles. The van der Waals surface area contributed by atoms with Crippen LogP contribution in [0.5, 0.6) is 11.5 Å². The Hall–Kier alpha value is -2.23. The Labute approximate surface area is 111 Å². The molecule has 4 heteroatoms. The van der Waals surface area contributed by atoms with Crippen LogP contribution in [0.2, 0.25) is 0 Å². The quantitative estimate of drug-likeness (QED) is 0.738. The lowest BCUT2D eigenvalue weighted by molar-refractivity contribution is 0.462. The predicted octanol–water partition coefficient (Wildman–Crippen LogP) is 3.72. The summed E-state index contributed by atoms with van der Waals surface area (Å²) < 4.78 is 13.2. The third-order valence-corrected chi connectivity index (χ3v) is 3.04. The van der Waals surface area contributed by atoms with Crippen LogP contribution in [0.1, 0.15) is 24.1 Å². The Morgan fingerprint density at radius 2 is 1.74 bits per heavy atom. The number of aromatic hydroxyl groups is 2. The molecule has 100 valence electrons. The van der Waals surface area contributed by atoms with Gasteiger partial charge in [0.1, 0.15) is 17.3 Å². The fourth-order valence-corrected chi connectivity index (χ4v) is 1.95. The first-order valence-corrected chi connectivity index (χ1v) is 6.02. The maximum Gasteiger partial charge on any atom is 0.123 e. The van der Waals surface area contributed by atoms with Crippen LogP contribution >= 0.6 is 0 Å². The zero-order valence-corrected chi connectivity index (χ0v) is 10.8. The normalized spacial score (nSPS) is 12.2. The van der Waals surface area contributed by atoms with Crippen LogP contribution in [0, 0.1) is 12.7 Å². The van der Waals surface area contributed by atoms with Crippen molar-refractivity contribution in [1.29, 1.82) is 0 Å². The monoisotopic (exact) mass is 261 g/mol. The number of phenols is 2. The maximum atomic E-state index is 13.2. The van der Waals surface area contributed by atoms with Crippen LogP contribution in [0.4, 0.5) is 10.1 Å². The number of aryl methyl sites for hydroxylation is 1. The predicted molar refractivity (Wildman–Crippen MR) is 72.9 cm³/mol. The molecule has 0 heterocycles. The molecule has 0 aliphatic carbocycles. The Kier molecular flexibility index (Phi) is 3.60. The van der Waals surface area contributed by atoms with Gasteiger partial charge in [0.2, 0.25) is 0 Å². The third kappa shape index (κ3) is 2.96. The number of halogens is 1. The molecule has 1 atom stereocenters. The van der Waals surface area contributed by atoms with Gasteiger partial charge in [-0.05, 0) is 55.8 Å². The van der Waals surface area contributed by atoms with Crippen molar-refractivity contribution in [2.24, 2.45) is 0 Å². The molecule has 2 aromatic rings. The lowest BCUT2D eigenvalue weighted by Crippen LogP contribution is -2.07. The van der Waals surface area contributed by atoms with Crippen LogP contribution in [0.25, 0.3) is 0 Å². The average Bonchev–Trinajstić information content (AvgIpc) is 2.36. The molecule has 0 bridgehead atoms. The standard InChI is InChI=1S/C15H16FNO2/c1-9-7-12(4-6-14(9)18)17-10(2)13-8-11(16)3-5-15(13)19/h3-8,10,17-19H,1-2H3. The topological polar surface area (TPSA) is 52.5 Å². The molecule has 0 radical (unpaired) electrons. The van der Waals surface area contributed by atoms with E-state index < -0.39 is 0 Å². The van der Waals surface area contributed by atoms with Crippen molar-refractivity contribution in [3.8, 4) is 11.5 Å². The minimum atomic E-state index is -0.386. The van der Waals surface area contributed by atoms with Crippen molar-refractivity contribution in [3.63, 3.8) is 0 Å². The fraction of sp³-hybridized carbons (Fsp3) is 0.200. The van der Waals surface area contributed by atoms with Gasteiger partial charge in [-0.3, -0.25) is 0 Å². The van der Waals surface area contributed by atoms with Gasteiger partial charge in [-0.2, -0.15) is 0 Å². The number of hydrogen-bond donors (Lipinski definition) is 3. The molecule has 0 aromatic heterocycles. The van der Waals surface area contributed by atoms with Crippen LogP contribution in [0.15, 0.2) is 36.4 Å². The van der Waals surface area contributed by atoms with E-state index in [2.05, 4.69) is 5.32 Å². The summed E-state index contributed by atoms with van der Waals surface area (Å²) >= 11 is 0. The SMILES string of the molecule is Cc1cc(NC(C)c2cc(F)ccc2O)ccc1O. The maximum absolute atomic E-state index is 13.2. The summed E-state index contributed by atoms with van der Waals surface area (Å²) in [5, 5.41) is 22.3. The van der Waals surface area contributed by atoms with Gasteiger partial charge in [0.05, 0.1) is 6.04 Å². The summed E-state index contributed by atoms with van der Waals surface area (Å²) in [6.07, 6.45) is 0. The van der Waals surface area contributed by atoms with Crippen molar-refractivity contribution >= 4 is 5.69 Å². The summed E-state index contributed by atoms with van der Waals surface area (Å²) in [6.45, 7) is 3.63. The van der Waals surface area contributed by atoms with Crippen molar-refractivity contribution in [3.05, 3.63) is 53.3 Å². The molecule has 19 heavy (non-hydrogen) atoms. The van der Waals surface area contributed by atoms with Crippen LogP contribution in [-0.4, -0.2) is 10.2 Å². The van der Waals surface area contributed by atoms with Gasteiger partial charge in [-0.25, -0.2) is 4.39 Å². The zero-order chi connectivity index (χ0) is 14.0. The van der Waals surface area contributed by atoms with Crippen LogP contribution in [0.3, 0.4) is 0 Å². The minimum absolute atomic E-state index is 0.0527. The van der Waals surface area contributed by atoms with Crippen molar-refractivity contribution in [2.75, 3.05) is 5.32 Å². The zero-order valence-electron chi connectivity index (χ0n) is 10.8. The van der Waals surface area contributed by atoms with Gasteiger partial charge >= 0.3 is 0 Å². The third-order valence-electron chi connectivity index (χ3n) is 3.04. The summed E-state index contributed by atoms with van der Waals surface area (Å²) in [6, 6.07) is 8.73. The molecule has 0 fully saturated rings. The second-order valence-corrected chi connectivity index (χ2v) is 4.57. The molecule has 0 aliphatic rings. The summed E-state index contributed by atoms with van der Waals surface area (Å²) in [5.41, 5.74) is 2.04. The number of hydrogen-bond acceptors (Lipinski definition) is 3. The van der Waals surface area contributed by atoms with E-state index >= 15 is 0 Å². The van der Waals surface area contributed by atoms with E-state index in [4.69, 9.17) is 0 Å². The molecular weight excluding hydrogens is 245 g/mol. The van der Waals surface area contributed by atoms with Gasteiger partial charge < -0.3 is 15.5 Å². The first kappa shape index (κ1) is 13.2. The second-order valence-electron chi connectivity index (χ2n) is 4.57. The highest BCUT2D eigenvalue weighted by atomic mass is 19.1. The number of rotatable bonds is 3. The Morgan fingerprint density at radius 1 is 1.05 bits per heavy atom. The van der Waals surface area contributed by atoms with E-state index in [0.717, 1.165) is 11.3 Å². The summed E-state index contributed by atoms with van der Waals surface area (Å²) in [5.74, 6) is -0.105. The van der Waals surface area contributed by atoms with E-state index in [0.29, 0.717) is 5.56 Å². The Bertz CT molecular complexity index is 599. The van der Waals surface area contributed by atoms with Gasteiger partial charge in [-0.1, -0.05) is 0 Å². The number of benzene rings is 2. The lowest BCUT2D eigenvalue weighted by Gasteiger charge is -2.17. The molecule has 2 aromatic carbocycles. The minimum Gasteiger partial charge on any atom is -0.508 e. The molecule has 0 amide bonds. The second kappa shape index (κ2) is 5.18. The van der Waals surface area contributed by atoms with E-state index in [1.165, 1.54) is 18.2 Å².